The minimum absolute atomic E-state index is 0. The Labute approximate surface area is 811 Å². The van der Waals surface area contributed by atoms with Crippen LogP contribution in [0.2, 0.25) is 0 Å². The van der Waals surface area contributed by atoms with Crippen molar-refractivity contribution in [2.75, 3.05) is 0 Å². The summed E-state index contributed by atoms with van der Waals surface area (Å²) in [4.78, 5) is 41.2. The predicted molar refractivity (Wildman–Crippen MR) is 523 cm³/mol. The fourth-order valence-corrected chi connectivity index (χ4v) is 15.6. The molecule has 667 valence electrons. The van der Waals surface area contributed by atoms with E-state index in [1.54, 1.807) is 13.0 Å². The molecule has 0 spiro atoms. The molecule has 0 saturated heterocycles. The summed E-state index contributed by atoms with van der Waals surface area (Å²) in [6, 6.07) is 92.2. The predicted octanol–water partition coefficient (Wildman–Crippen LogP) is 30.6. The number of nitrogens with zero attached hydrogens (tertiary/aromatic N) is 9. The van der Waals surface area contributed by atoms with Gasteiger partial charge in [0.15, 0.2) is 0 Å². The maximum Gasteiger partial charge on any atom is 0.216 e. The first-order valence-corrected chi connectivity index (χ1v) is 43.9. The van der Waals surface area contributed by atoms with Gasteiger partial charge in [0.05, 0.1) is 16.7 Å². The maximum absolute atomic E-state index is 7.37. The van der Waals surface area contributed by atoms with E-state index in [0.29, 0.717) is 64.1 Å². The van der Waals surface area contributed by atoms with Crippen molar-refractivity contribution in [1.82, 2.24) is 44.9 Å². The molecule has 12 heterocycles. The number of hydrogen-bond acceptors (Lipinski definition) is 12. The van der Waals surface area contributed by atoms with E-state index in [4.69, 9.17) is 37.3 Å². The smallest absolute Gasteiger partial charge is 0.216 e. The van der Waals surface area contributed by atoms with Gasteiger partial charge >= 0.3 is 0 Å². The van der Waals surface area contributed by atoms with Crippen LogP contribution in [0.1, 0.15) is 209 Å². The summed E-state index contributed by atoms with van der Waals surface area (Å²) in [6.45, 7) is 38.7. The Hall–Kier alpha value is -11.8. The zero-order valence-corrected chi connectivity index (χ0v) is 84.4. The molecule has 3 radical (unpaired) electrons. The van der Waals surface area contributed by atoms with E-state index in [0.717, 1.165) is 157 Å². The second-order valence-corrected chi connectivity index (χ2v) is 34.6. The first-order chi connectivity index (χ1) is 62.4. The van der Waals surface area contributed by atoms with Gasteiger partial charge in [-0.25, -0.2) is 15.0 Å². The molecule has 130 heavy (non-hydrogen) atoms. The molecule has 0 fully saturated rings. The molecule has 19 aromatic rings. The summed E-state index contributed by atoms with van der Waals surface area (Å²) in [5, 5.41) is 6.26. The molecule has 12 aromatic heterocycles. The van der Waals surface area contributed by atoms with E-state index in [9.17, 15) is 0 Å². The monoisotopic (exact) mass is 2250 g/mol. The van der Waals surface area contributed by atoms with Gasteiger partial charge in [0, 0.05) is 140 Å². The van der Waals surface area contributed by atoms with Crippen LogP contribution in [-0.2, 0) is 66.7 Å². The molecule has 7 aromatic carbocycles. The molecular weight excluding hydrogens is 2130 g/mol. The van der Waals surface area contributed by atoms with Crippen LogP contribution < -0.4 is 0 Å². The Morgan fingerprint density at radius 1 is 0.315 bits per heavy atom. The van der Waals surface area contributed by atoms with Gasteiger partial charge < -0.3 is 43.2 Å². The average Bonchev–Trinajstić information content (AvgIpc) is 1.63. The van der Waals surface area contributed by atoms with Crippen molar-refractivity contribution in [3.05, 3.63) is 365 Å². The molecule has 15 heteroatoms. The minimum Gasteiger partial charge on any atom is -0.486 e. The van der Waals surface area contributed by atoms with Crippen LogP contribution in [0.15, 0.2) is 269 Å². The van der Waals surface area contributed by atoms with E-state index in [-0.39, 0.29) is 60.3 Å². The number of furan rings is 3. The molecular formula is C115H111Ir3N9O3-6. The second kappa shape index (κ2) is 45.2. The maximum atomic E-state index is 7.37. The Morgan fingerprint density at radius 2 is 0.708 bits per heavy atom. The molecule has 0 aliphatic carbocycles. The zero-order chi connectivity index (χ0) is 92.2. The summed E-state index contributed by atoms with van der Waals surface area (Å²) >= 11 is 0. The Balaban J connectivity index is 0.000000156. The SMILES string of the molecule is CC(C)c1ccnc(-c2[c-]ccc3c2oc2nc(C(C)C)ccc23)c1.Cc1cc(-c2[c-]ccc3c2oc2nc(CC(C)C)ccc23)ncc1C(C)C.Cc1cc(-c2[c-]cccc2)ncc1C(C)C.Cc1cc(-c2[c-]cccc2)ncc1C(C)C.Cc1nc2oc3c(-c4cc(C(C)C)ccn4)[c-]ccc3c2cc1-c1ccccc1.[2H]C([2H])([2H])c1cnc(-c2[c-]cccc2)cc1C.[Ir].[Ir].[Ir]. The van der Waals surface area contributed by atoms with Gasteiger partial charge in [-0.1, -0.05) is 230 Å². The Bertz CT molecular complexity index is 7040. The third kappa shape index (κ3) is 23.5. The van der Waals surface area contributed by atoms with Crippen LogP contribution in [-0.4, -0.2) is 44.9 Å². The summed E-state index contributed by atoms with van der Waals surface area (Å²) in [6.07, 6.45) is 12.0. The molecule has 12 nitrogen and oxygen atoms in total. The summed E-state index contributed by atoms with van der Waals surface area (Å²) in [5.41, 5.74) is 32.1. The van der Waals surface area contributed by atoms with Gasteiger partial charge in [0.1, 0.15) is 0 Å². The van der Waals surface area contributed by atoms with E-state index in [1.807, 2.05) is 165 Å². The summed E-state index contributed by atoms with van der Waals surface area (Å²) in [5.74, 6) is 3.34. The summed E-state index contributed by atoms with van der Waals surface area (Å²) in [7, 11) is 0. The van der Waals surface area contributed by atoms with Crippen molar-refractivity contribution < 1.29 is 77.7 Å². The third-order valence-electron chi connectivity index (χ3n) is 22.6. The van der Waals surface area contributed by atoms with Crippen LogP contribution in [0.4, 0.5) is 0 Å². The normalized spacial score (nSPS) is 11.5. The van der Waals surface area contributed by atoms with Crippen molar-refractivity contribution >= 4 is 66.2 Å². The molecule has 0 saturated carbocycles. The van der Waals surface area contributed by atoms with Crippen molar-refractivity contribution in [2.24, 2.45) is 5.92 Å². The number of fused-ring (bicyclic) bond motifs is 9. The zero-order valence-electron chi connectivity index (χ0n) is 80.2. The number of aryl methyl sites for hydroxylation is 6. The number of aromatic nitrogens is 9. The van der Waals surface area contributed by atoms with Crippen LogP contribution in [0.25, 0.3) is 145 Å². The number of pyridine rings is 9. The van der Waals surface area contributed by atoms with Crippen LogP contribution in [0.3, 0.4) is 0 Å². The van der Waals surface area contributed by atoms with Crippen LogP contribution >= 0.6 is 0 Å². The molecule has 0 atom stereocenters. The third-order valence-corrected chi connectivity index (χ3v) is 22.6. The van der Waals surface area contributed by atoms with Gasteiger partial charge in [-0.3, -0.25) is 0 Å². The van der Waals surface area contributed by atoms with Gasteiger partial charge in [-0.15, -0.1) is 162 Å². The van der Waals surface area contributed by atoms with E-state index in [1.165, 1.54) is 50.7 Å². The van der Waals surface area contributed by atoms with Crippen LogP contribution in [0, 0.1) is 83.8 Å². The first-order valence-electron chi connectivity index (χ1n) is 45.4. The molecule has 0 N–H and O–H groups in total. The topological polar surface area (TPSA) is 155 Å². The molecule has 0 aliphatic heterocycles. The van der Waals surface area contributed by atoms with Gasteiger partial charge in [-0.2, -0.15) is 0 Å². The summed E-state index contributed by atoms with van der Waals surface area (Å²) < 4.78 is 40.7. The fourth-order valence-electron chi connectivity index (χ4n) is 15.6. The number of benzene rings is 7. The van der Waals surface area contributed by atoms with E-state index >= 15 is 0 Å². The molecule has 0 aliphatic rings. The largest absolute Gasteiger partial charge is 0.486 e. The van der Waals surface area contributed by atoms with Crippen molar-refractivity contribution in [2.45, 2.75) is 180 Å². The molecule has 19 rings (SSSR count). The Morgan fingerprint density at radius 3 is 1.11 bits per heavy atom. The second-order valence-electron chi connectivity index (χ2n) is 34.6. The number of hydrogen-bond donors (Lipinski definition) is 0. The quantitative estimate of drug-likeness (QED) is 0.0897. The van der Waals surface area contributed by atoms with Gasteiger partial charge in [-0.05, 0) is 194 Å². The van der Waals surface area contributed by atoms with Crippen molar-refractivity contribution in [3.8, 4) is 78.7 Å². The molecule has 0 amide bonds. The average molecular weight is 2250 g/mol. The Kier molecular flexibility index (Phi) is 32.8. The molecule has 0 unspecified atom stereocenters. The standard InChI is InChI=1S/C26H21N2O.C24H25N2O.C22H21N2O.2C15H16N.C13H12N.3Ir/c1-16(2)19-12-13-27-24(14-19)21-11-7-10-20-23-15-22(18-8-5-4-6-9-18)17(3)28-26(23)29-25(20)21;1-14(2)11-17-9-10-19-18-7-6-8-20(23(18)27-24(19)26-17)22-12-16(5)21(13-25-22)15(3)4;1-13(2)15-10-11-23-20(12-15)18-7-5-6-16-17-8-9-19(14(3)4)24-22(17)25-21(16)18;2*1-11(2)14-10-16-15(9-12(14)3)13-7-5-4-6-8-13;1-10-8-13(14-9-11(10)2)12-6-4-3-5-7-12;;;/h4-10,12-16H,1-3H3;6-7,9-10,12-15H,11H2,1-5H3;5-6,8-14H,1-4H3;2*4-7,9-11H,1-3H3;3-6,8-9H,1-2H3;;;/q6*-1;;;/i;;;;;2D3;;;. The fraction of sp³-hybridized carbons (Fsp3) is 0.243. The van der Waals surface area contributed by atoms with Gasteiger partial charge in [0.25, 0.3) is 0 Å². The first kappa shape index (κ1) is 94.4. The number of rotatable bonds is 15. The minimum atomic E-state index is -2.10. The van der Waals surface area contributed by atoms with Crippen molar-refractivity contribution in [1.29, 1.82) is 0 Å². The van der Waals surface area contributed by atoms with Crippen LogP contribution in [0.5, 0.6) is 0 Å². The van der Waals surface area contributed by atoms with E-state index in [2.05, 4.69) is 264 Å². The van der Waals surface area contributed by atoms with Gasteiger partial charge in [0.2, 0.25) is 17.1 Å². The van der Waals surface area contributed by atoms with E-state index < -0.39 is 6.85 Å². The molecule has 0 bridgehead atoms. The van der Waals surface area contributed by atoms with Crippen molar-refractivity contribution in [3.63, 3.8) is 0 Å².